The predicted octanol–water partition coefficient (Wildman–Crippen LogP) is 3.34. The average molecular weight is 456 g/mol. The van der Waals surface area contributed by atoms with Crippen LogP contribution in [0.15, 0.2) is 24.3 Å². The van der Waals surface area contributed by atoms with Crippen molar-refractivity contribution in [2.45, 2.75) is 40.4 Å². The SMILES string of the molecule is CC.COCOc1ccc(COC(C)C)cc1.[CH-]=O.[Re]. The molecule has 0 saturated carbocycles. The fraction of sp³-hybridized carbons (Fsp3) is 0.533. The monoisotopic (exact) mass is 456 g/mol. The molecular formula is C15H25O4Re-. The number of methoxy groups -OCH3 is 1. The molecule has 0 N–H and O–H groups in total. The second-order valence-corrected chi connectivity index (χ2v) is 3.55. The van der Waals surface area contributed by atoms with Crippen molar-refractivity contribution in [3.63, 3.8) is 0 Å². The van der Waals surface area contributed by atoms with E-state index in [1.807, 2.05) is 52.0 Å². The third kappa shape index (κ3) is 13.7. The Bertz CT molecular complexity index is 288. The van der Waals surface area contributed by atoms with Crippen molar-refractivity contribution in [3.8, 4) is 5.75 Å². The summed E-state index contributed by atoms with van der Waals surface area (Å²) in [5.41, 5.74) is 1.15. The quantitative estimate of drug-likeness (QED) is 0.375. The van der Waals surface area contributed by atoms with Crippen LogP contribution in [0.4, 0.5) is 0 Å². The number of benzene rings is 1. The van der Waals surface area contributed by atoms with Crippen molar-refractivity contribution < 1.29 is 39.4 Å². The molecule has 117 valence electrons. The van der Waals surface area contributed by atoms with Crippen LogP contribution >= 0.6 is 0 Å². The van der Waals surface area contributed by atoms with Gasteiger partial charge in [-0.2, -0.15) is 0 Å². The van der Waals surface area contributed by atoms with Gasteiger partial charge in [-0.05, 0) is 31.5 Å². The molecule has 0 heterocycles. The van der Waals surface area contributed by atoms with Crippen molar-refractivity contribution in [2.24, 2.45) is 0 Å². The second kappa shape index (κ2) is 18.3. The standard InChI is InChI=1S/C12H18O3.C2H6.CHO.Re/c1-10(2)14-8-11-4-6-12(7-5-11)15-9-13-3;2*1-2;/h4-7,10H,8-9H2,1-3H3;1-2H3;1H;/q;;-1;. The van der Waals surface area contributed by atoms with Crippen LogP contribution in [0.25, 0.3) is 0 Å². The minimum atomic E-state index is 0. The zero-order valence-electron chi connectivity index (χ0n) is 12.9. The van der Waals surface area contributed by atoms with Gasteiger partial charge in [-0.3, -0.25) is 6.79 Å². The number of ether oxygens (including phenoxy) is 3. The summed E-state index contributed by atoms with van der Waals surface area (Å²) in [6.07, 6.45) is 0.259. The molecule has 0 aliphatic heterocycles. The molecule has 1 radical (unpaired) electrons. The molecule has 0 bridgehead atoms. The first-order valence-electron chi connectivity index (χ1n) is 6.28. The Kier molecular flexibility index (Phi) is 22.2. The van der Waals surface area contributed by atoms with Gasteiger partial charge < -0.3 is 19.0 Å². The van der Waals surface area contributed by atoms with Gasteiger partial charge in [0.05, 0.1) is 12.7 Å². The summed E-state index contributed by atoms with van der Waals surface area (Å²) in [5.74, 6) is 0.810. The smallest absolute Gasteiger partial charge is 0.188 e. The van der Waals surface area contributed by atoms with E-state index < -0.39 is 0 Å². The van der Waals surface area contributed by atoms with Crippen molar-refractivity contribution >= 4 is 6.79 Å². The topological polar surface area (TPSA) is 44.8 Å². The summed E-state index contributed by atoms with van der Waals surface area (Å²) < 4.78 is 15.6. The molecule has 0 amide bonds. The molecule has 20 heavy (non-hydrogen) atoms. The van der Waals surface area contributed by atoms with Gasteiger partial charge in [0, 0.05) is 27.5 Å². The third-order valence-corrected chi connectivity index (χ3v) is 1.85. The summed E-state index contributed by atoms with van der Waals surface area (Å²) in [4.78, 5) is 7.75. The molecule has 4 nitrogen and oxygen atoms in total. The van der Waals surface area contributed by atoms with E-state index in [1.54, 1.807) is 7.11 Å². The number of hydrogen-bond acceptors (Lipinski definition) is 4. The molecule has 0 unspecified atom stereocenters. The molecule has 1 rings (SSSR count). The van der Waals surface area contributed by atoms with Crippen molar-refractivity contribution in [1.29, 1.82) is 0 Å². The van der Waals surface area contributed by atoms with Crippen LogP contribution < -0.4 is 4.74 Å². The van der Waals surface area contributed by atoms with E-state index in [1.165, 1.54) is 0 Å². The van der Waals surface area contributed by atoms with Crippen LogP contribution in [-0.2, 0) is 41.3 Å². The second-order valence-electron chi connectivity index (χ2n) is 3.55. The van der Waals surface area contributed by atoms with Crippen LogP contribution in [0.3, 0.4) is 0 Å². The maximum atomic E-state index is 7.75. The first kappa shape index (κ1) is 24.3. The Balaban J connectivity index is -0.000000529. The van der Waals surface area contributed by atoms with Crippen LogP contribution in [0.1, 0.15) is 33.3 Å². The zero-order chi connectivity index (χ0) is 15.1. The minimum Gasteiger partial charge on any atom is -0.545 e. The molecule has 0 spiro atoms. The van der Waals surface area contributed by atoms with E-state index in [0.29, 0.717) is 6.61 Å². The maximum Gasteiger partial charge on any atom is 0.188 e. The Morgan fingerprint density at radius 1 is 1.10 bits per heavy atom. The van der Waals surface area contributed by atoms with Gasteiger partial charge in [0.15, 0.2) is 6.79 Å². The summed E-state index contributed by atoms with van der Waals surface area (Å²) in [5, 5.41) is 0. The van der Waals surface area contributed by atoms with Gasteiger partial charge in [-0.25, -0.2) is 0 Å². The normalized spacial score (nSPS) is 8.50. The summed E-state index contributed by atoms with van der Waals surface area (Å²) in [6.45, 7) is 12.2. The average Bonchev–Trinajstić information content (AvgIpc) is 2.48. The molecule has 0 fully saturated rings. The zero-order valence-corrected chi connectivity index (χ0v) is 15.6. The van der Waals surface area contributed by atoms with E-state index in [2.05, 4.69) is 6.79 Å². The molecule has 0 saturated heterocycles. The first-order valence-corrected chi connectivity index (χ1v) is 6.28. The first-order chi connectivity index (χ1) is 9.22. The predicted molar refractivity (Wildman–Crippen MR) is 77.0 cm³/mol. The van der Waals surface area contributed by atoms with Crippen LogP contribution in [0.2, 0.25) is 0 Å². The largest absolute Gasteiger partial charge is 0.545 e. The van der Waals surface area contributed by atoms with Gasteiger partial charge in [0.25, 0.3) is 0 Å². The van der Waals surface area contributed by atoms with Crippen molar-refractivity contribution in [1.82, 2.24) is 0 Å². The molecule has 0 aliphatic rings. The van der Waals surface area contributed by atoms with Gasteiger partial charge in [0.1, 0.15) is 5.75 Å². The van der Waals surface area contributed by atoms with E-state index in [9.17, 15) is 0 Å². The van der Waals surface area contributed by atoms with Crippen molar-refractivity contribution in [2.75, 3.05) is 13.9 Å². The van der Waals surface area contributed by atoms with Gasteiger partial charge in [0.2, 0.25) is 0 Å². The molecule has 5 heteroatoms. The van der Waals surface area contributed by atoms with Crippen LogP contribution in [0, 0.1) is 0 Å². The Morgan fingerprint density at radius 3 is 2.00 bits per heavy atom. The minimum absolute atomic E-state index is 0. The van der Waals surface area contributed by atoms with Gasteiger partial charge >= 0.3 is 0 Å². The van der Waals surface area contributed by atoms with E-state index in [-0.39, 0.29) is 33.3 Å². The van der Waals surface area contributed by atoms with Crippen molar-refractivity contribution in [3.05, 3.63) is 29.8 Å². The maximum absolute atomic E-state index is 7.75. The van der Waals surface area contributed by atoms with E-state index in [0.717, 1.165) is 11.3 Å². The molecular weight excluding hydrogens is 430 g/mol. The third-order valence-electron chi connectivity index (χ3n) is 1.85. The fourth-order valence-corrected chi connectivity index (χ4v) is 1.07. The number of rotatable bonds is 6. The molecule has 1 aromatic rings. The Morgan fingerprint density at radius 2 is 1.60 bits per heavy atom. The fourth-order valence-electron chi connectivity index (χ4n) is 1.07. The summed E-state index contributed by atoms with van der Waals surface area (Å²) in [6, 6.07) is 7.82. The molecule has 0 aromatic heterocycles. The Hall–Kier alpha value is -0.728. The van der Waals surface area contributed by atoms with Gasteiger partial charge in [-0.1, -0.05) is 26.0 Å². The van der Waals surface area contributed by atoms with Crippen LogP contribution in [-0.4, -0.2) is 26.8 Å². The molecule has 1 aromatic carbocycles. The molecule has 0 atom stereocenters. The molecule has 0 aliphatic carbocycles. The number of hydrogen-bond donors (Lipinski definition) is 0. The summed E-state index contributed by atoms with van der Waals surface area (Å²) >= 11 is 0. The van der Waals surface area contributed by atoms with E-state index in [4.69, 9.17) is 19.0 Å². The number of carbonyl (C=O) groups excluding carboxylic acids is 1. The van der Waals surface area contributed by atoms with Crippen LogP contribution in [0.5, 0.6) is 5.75 Å². The summed E-state index contributed by atoms with van der Waals surface area (Å²) in [7, 11) is 1.60. The van der Waals surface area contributed by atoms with Gasteiger partial charge in [-0.15, -0.1) is 0 Å². The van der Waals surface area contributed by atoms with E-state index >= 15 is 0 Å². The Labute approximate surface area is 136 Å².